The summed E-state index contributed by atoms with van der Waals surface area (Å²) in [5.41, 5.74) is 1.65. The summed E-state index contributed by atoms with van der Waals surface area (Å²) >= 11 is 0. The Balaban J connectivity index is 1.79. The third-order valence-electron chi connectivity index (χ3n) is 5.41. The molecule has 1 N–H and O–H groups in total. The number of likely N-dealkylation sites (tertiary alicyclic amines) is 1. The van der Waals surface area contributed by atoms with Crippen molar-refractivity contribution in [3.8, 4) is 5.75 Å². The maximum Gasteiger partial charge on any atom is 0.295 e. The molecule has 1 amide bonds. The van der Waals surface area contributed by atoms with E-state index in [4.69, 9.17) is 4.74 Å². The predicted molar refractivity (Wildman–Crippen MR) is 121 cm³/mol. The van der Waals surface area contributed by atoms with Crippen LogP contribution >= 0.6 is 0 Å². The second-order valence-corrected chi connectivity index (χ2v) is 7.71. The van der Waals surface area contributed by atoms with Crippen LogP contribution in [0, 0.1) is 5.82 Å². The number of aliphatic hydroxyl groups is 1. The van der Waals surface area contributed by atoms with E-state index in [2.05, 4.69) is 4.98 Å². The molecule has 1 aliphatic heterocycles. The zero-order chi connectivity index (χ0) is 23.4. The number of pyridine rings is 1. The Hall–Kier alpha value is -4.00. The molecule has 4 rings (SSSR count). The highest BCUT2D eigenvalue weighted by Crippen LogP contribution is 2.40. The van der Waals surface area contributed by atoms with Crippen molar-refractivity contribution in [1.29, 1.82) is 0 Å². The summed E-state index contributed by atoms with van der Waals surface area (Å²) in [7, 11) is 0. The minimum Gasteiger partial charge on any atom is -0.507 e. The molecule has 1 fully saturated rings. The Labute approximate surface area is 191 Å². The van der Waals surface area contributed by atoms with Crippen molar-refractivity contribution >= 4 is 17.4 Å². The molecule has 7 heteroatoms. The van der Waals surface area contributed by atoms with Gasteiger partial charge in [0.25, 0.3) is 11.7 Å². The lowest BCUT2D eigenvalue weighted by molar-refractivity contribution is -0.140. The predicted octanol–water partition coefficient (Wildman–Crippen LogP) is 4.63. The van der Waals surface area contributed by atoms with E-state index >= 15 is 0 Å². The minimum absolute atomic E-state index is 0.0130. The Morgan fingerprint density at radius 2 is 1.82 bits per heavy atom. The van der Waals surface area contributed by atoms with Crippen LogP contribution in [0.3, 0.4) is 0 Å². The van der Waals surface area contributed by atoms with Gasteiger partial charge in [0.1, 0.15) is 17.3 Å². The third-order valence-corrected chi connectivity index (χ3v) is 5.41. The minimum atomic E-state index is -0.821. The first-order valence-electron chi connectivity index (χ1n) is 10.7. The van der Waals surface area contributed by atoms with E-state index in [1.807, 2.05) is 6.92 Å². The van der Waals surface area contributed by atoms with Crippen molar-refractivity contribution in [3.63, 3.8) is 0 Å². The van der Waals surface area contributed by atoms with Gasteiger partial charge in [-0.15, -0.1) is 0 Å². The molecular formula is C26H23FN2O4. The van der Waals surface area contributed by atoms with Gasteiger partial charge in [-0.25, -0.2) is 4.39 Å². The fourth-order valence-corrected chi connectivity index (χ4v) is 3.83. The average Bonchev–Trinajstić information content (AvgIpc) is 3.09. The lowest BCUT2D eigenvalue weighted by atomic mass is 9.95. The van der Waals surface area contributed by atoms with Gasteiger partial charge in [0.05, 0.1) is 18.2 Å². The van der Waals surface area contributed by atoms with Crippen molar-refractivity contribution in [3.05, 3.63) is 101 Å². The van der Waals surface area contributed by atoms with Crippen molar-refractivity contribution < 1.29 is 23.8 Å². The summed E-state index contributed by atoms with van der Waals surface area (Å²) in [6.07, 6.45) is 3.95. The summed E-state index contributed by atoms with van der Waals surface area (Å²) in [6, 6.07) is 15.1. The fourth-order valence-electron chi connectivity index (χ4n) is 3.83. The molecule has 6 nitrogen and oxygen atoms in total. The Kier molecular flexibility index (Phi) is 6.49. The number of aromatic nitrogens is 1. The molecule has 1 aromatic heterocycles. The molecule has 0 saturated carbocycles. The second kappa shape index (κ2) is 9.65. The lowest BCUT2D eigenvalue weighted by Crippen LogP contribution is -2.29. The first-order valence-corrected chi connectivity index (χ1v) is 10.7. The van der Waals surface area contributed by atoms with Gasteiger partial charge in [-0.1, -0.05) is 31.2 Å². The van der Waals surface area contributed by atoms with Crippen LogP contribution < -0.4 is 4.74 Å². The van der Waals surface area contributed by atoms with E-state index in [-0.39, 0.29) is 17.9 Å². The van der Waals surface area contributed by atoms with Crippen LogP contribution in [0.5, 0.6) is 5.75 Å². The molecule has 1 unspecified atom stereocenters. The average molecular weight is 446 g/mol. The van der Waals surface area contributed by atoms with Gasteiger partial charge in [-0.2, -0.15) is 0 Å². The molecule has 2 heterocycles. The molecular weight excluding hydrogens is 423 g/mol. The Morgan fingerprint density at radius 3 is 2.52 bits per heavy atom. The van der Waals surface area contributed by atoms with Gasteiger partial charge in [0.2, 0.25) is 0 Å². The highest BCUT2D eigenvalue weighted by atomic mass is 19.1. The van der Waals surface area contributed by atoms with Gasteiger partial charge >= 0.3 is 0 Å². The number of carbonyl (C=O) groups is 2. The molecule has 3 aromatic rings. The van der Waals surface area contributed by atoms with Crippen molar-refractivity contribution in [2.75, 3.05) is 6.61 Å². The summed E-state index contributed by atoms with van der Waals surface area (Å²) in [5, 5.41) is 11.2. The van der Waals surface area contributed by atoms with E-state index < -0.39 is 23.5 Å². The number of ketones is 1. The van der Waals surface area contributed by atoms with Gasteiger partial charge in [-0.05, 0) is 53.9 Å². The smallest absolute Gasteiger partial charge is 0.295 e. The molecule has 168 valence electrons. The molecule has 0 radical (unpaired) electrons. The standard InChI is InChI=1S/C26H23FN2O4/c1-2-14-33-21-5-3-4-19(15-21)24(30)22-23(18-10-12-28-13-11-18)29(26(32)25(22)31)16-17-6-8-20(27)9-7-17/h3-13,15,23,30H,2,14,16H2,1H3/b24-22-. The van der Waals surface area contributed by atoms with Gasteiger partial charge in [0.15, 0.2) is 0 Å². The number of carbonyl (C=O) groups excluding carboxylic acids is 2. The van der Waals surface area contributed by atoms with Crippen LogP contribution in [0.4, 0.5) is 4.39 Å². The van der Waals surface area contributed by atoms with E-state index in [0.29, 0.717) is 29.0 Å². The van der Waals surface area contributed by atoms with Crippen molar-refractivity contribution in [2.45, 2.75) is 25.9 Å². The molecule has 0 spiro atoms. The fraction of sp³-hybridized carbons (Fsp3) is 0.192. The number of aliphatic hydroxyl groups excluding tert-OH is 1. The monoisotopic (exact) mass is 446 g/mol. The zero-order valence-corrected chi connectivity index (χ0v) is 18.1. The molecule has 1 aliphatic rings. The van der Waals surface area contributed by atoms with E-state index in [1.54, 1.807) is 60.9 Å². The van der Waals surface area contributed by atoms with Crippen LogP contribution in [-0.4, -0.2) is 33.3 Å². The SMILES string of the molecule is CCCOc1cccc(/C(O)=C2/C(=O)C(=O)N(Cc3ccc(F)cc3)C2c2ccncc2)c1. The highest BCUT2D eigenvalue weighted by molar-refractivity contribution is 6.46. The number of halogens is 1. The third kappa shape index (κ3) is 4.62. The number of ether oxygens (including phenoxy) is 1. The molecule has 1 atom stereocenters. The Morgan fingerprint density at radius 1 is 1.09 bits per heavy atom. The molecule has 0 bridgehead atoms. The van der Waals surface area contributed by atoms with Crippen LogP contribution in [0.15, 0.2) is 78.6 Å². The quantitative estimate of drug-likeness (QED) is 0.325. The maximum atomic E-state index is 13.4. The summed E-state index contributed by atoms with van der Waals surface area (Å²) in [5.74, 6) is -1.63. The molecule has 33 heavy (non-hydrogen) atoms. The molecule has 0 aliphatic carbocycles. The topological polar surface area (TPSA) is 79.7 Å². The molecule has 1 saturated heterocycles. The second-order valence-electron chi connectivity index (χ2n) is 7.71. The zero-order valence-electron chi connectivity index (χ0n) is 18.1. The van der Waals surface area contributed by atoms with Crippen LogP contribution in [-0.2, 0) is 16.1 Å². The number of nitrogens with zero attached hydrogens (tertiary/aromatic N) is 2. The van der Waals surface area contributed by atoms with Gasteiger partial charge in [0, 0.05) is 24.5 Å². The Bertz CT molecular complexity index is 1190. The first-order chi connectivity index (χ1) is 16.0. The normalized spacial score (nSPS) is 17.4. The van der Waals surface area contributed by atoms with Crippen LogP contribution in [0.25, 0.3) is 5.76 Å². The number of amides is 1. The van der Waals surface area contributed by atoms with Gasteiger partial charge < -0.3 is 14.7 Å². The number of benzene rings is 2. The number of hydrogen-bond acceptors (Lipinski definition) is 5. The largest absolute Gasteiger partial charge is 0.507 e. The van der Waals surface area contributed by atoms with Gasteiger partial charge in [-0.3, -0.25) is 14.6 Å². The number of hydrogen-bond donors (Lipinski definition) is 1. The number of Topliss-reactive ketones (excluding diaryl/α,β-unsaturated/α-hetero) is 1. The van der Waals surface area contributed by atoms with Crippen molar-refractivity contribution in [2.24, 2.45) is 0 Å². The highest BCUT2D eigenvalue weighted by Gasteiger charge is 2.46. The summed E-state index contributed by atoms with van der Waals surface area (Å²) in [4.78, 5) is 31.5. The van der Waals surface area contributed by atoms with Crippen LogP contribution in [0.1, 0.15) is 36.1 Å². The lowest BCUT2D eigenvalue weighted by Gasteiger charge is -2.25. The van der Waals surface area contributed by atoms with E-state index in [9.17, 15) is 19.1 Å². The number of rotatable bonds is 7. The first kappa shape index (κ1) is 22.2. The summed E-state index contributed by atoms with van der Waals surface area (Å²) < 4.78 is 19.0. The van der Waals surface area contributed by atoms with E-state index in [1.165, 1.54) is 17.0 Å². The van der Waals surface area contributed by atoms with Crippen molar-refractivity contribution in [1.82, 2.24) is 9.88 Å². The van der Waals surface area contributed by atoms with Crippen LogP contribution in [0.2, 0.25) is 0 Å². The summed E-state index contributed by atoms with van der Waals surface area (Å²) in [6.45, 7) is 2.58. The van der Waals surface area contributed by atoms with E-state index in [0.717, 1.165) is 6.42 Å². The molecule has 2 aromatic carbocycles. The maximum absolute atomic E-state index is 13.4.